The van der Waals surface area contributed by atoms with E-state index in [1.165, 1.54) is 11.3 Å². The van der Waals surface area contributed by atoms with E-state index >= 15 is 0 Å². The molecule has 8 heteroatoms. The van der Waals surface area contributed by atoms with Crippen LogP contribution < -0.4 is 10.6 Å². The van der Waals surface area contributed by atoms with Crippen molar-refractivity contribution in [2.24, 2.45) is 0 Å². The minimum atomic E-state index is -0.256. The van der Waals surface area contributed by atoms with Crippen LogP contribution in [-0.4, -0.2) is 22.3 Å². The molecule has 2 N–H and O–H groups in total. The molecule has 0 aliphatic heterocycles. The minimum absolute atomic E-state index is 0.256. The van der Waals surface area contributed by atoms with E-state index in [9.17, 15) is 4.79 Å². The number of hydrogen-bond donors (Lipinski definition) is 2. The number of amides is 2. The number of carbonyl (C=O) groups excluding carboxylic acids is 1. The number of fused-ring (bicyclic) bond motifs is 3. The number of aromatic nitrogens is 2. The zero-order chi connectivity index (χ0) is 17.2. The molecule has 25 heavy (non-hydrogen) atoms. The van der Waals surface area contributed by atoms with Crippen LogP contribution in [0.3, 0.4) is 0 Å². The molecule has 0 unspecified atom stereocenters. The molecule has 0 aliphatic carbocycles. The van der Waals surface area contributed by atoms with Crippen molar-refractivity contribution in [2.45, 2.75) is 10.9 Å². The van der Waals surface area contributed by atoms with Gasteiger partial charge in [-0.15, -0.1) is 11.3 Å². The molecule has 2 aromatic carbocycles. The van der Waals surface area contributed by atoms with Gasteiger partial charge in [-0.1, -0.05) is 53.4 Å². The molecule has 4 rings (SSSR count). The second-order valence-electron chi connectivity index (χ2n) is 5.26. The largest absolute Gasteiger partial charge is 0.334 e. The maximum absolute atomic E-state index is 12.1. The maximum atomic E-state index is 12.1. The number of benzene rings is 2. The molecule has 4 aromatic rings. The molecule has 0 radical (unpaired) electrons. The van der Waals surface area contributed by atoms with E-state index in [1.807, 2.05) is 48.7 Å². The molecule has 0 atom stereocenters. The van der Waals surface area contributed by atoms with Gasteiger partial charge in [-0.2, -0.15) is 0 Å². The Morgan fingerprint density at radius 2 is 1.76 bits per heavy atom. The summed E-state index contributed by atoms with van der Waals surface area (Å²) in [5, 5.41) is 6.26. The van der Waals surface area contributed by atoms with Crippen LogP contribution in [0.1, 0.15) is 5.56 Å². The van der Waals surface area contributed by atoms with E-state index in [0.29, 0.717) is 11.7 Å². The molecule has 0 bridgehead atoms. The molecular formula is C17H14N4OS3. The van der Waals surface area contributed by atoms with Gasteiger partial charge >= 0.3 is 6.03 Å². The smallest absolute Gasteiger partial charge is 0.321 e. The highest BCUT2D eigenvalue weighted by Gasteiger charge is 2.13. The number of carbonyl (C=O) groups is 1. The van der Waals surface area contributed by atoms with E-state index in [-0.39, 0.29) is 6.03 Å². The highest BCUT2D eigenvalue weighted by Crippen LogP contribution is 2.37. The standard InChI is InChI=1S/C17H14N4OS3/c1-23-17-20-12-8-7-11-13(14(12)25-17)24-16(19-11)21-15(22)18-9-10-5-3-2-4-6-10/h2-8H,9H2,1H3,(H2,18,19,21,22). The number of nitrogens with zero attached hydrogens (tertiary/aromatic N) is 2. The van der Waals surface area contributed by atoms with Gasteiger partial charge in [-0.05, 0) is 24.0 Å². The zero-order valence-corrected chi connectivity index (χ0v) is 15.7. The van der Waals surface area contributed by atoms with Gasteiger partial charge in [0.1, 0.15) is 0 Å². The lowest BCUT2D eigenvalue weighted by Crippen LogP contribution is -2.28. The summed E-state index contributed by atoms with van der Waals surface area (Å²) in [6, 6.07) is 13.5. The van der Waals surface area contributed by atoms with Gasteiger partial charge in [0.05, 0.1) is 20.4 Å². The second kappa shape index (κ2) is 6.99. The van der Waals surface area contributed by atoms with E-state index in [1.54, 1.807) is 23.1 Å². The molecule has 2 heterocycles. The molecule has 5 nitrogen and oxygen atoms in total. The fourth-order valence-corrected chi connectivity index (χ4v) is 5.07. The van der Waals surface area contributed by atoms with Gasteiger partial charge in [0.15, 0.2) is 9.47 Å². The predicted molar refractivity (Wildman–Crippen MR) is 107 cm³/mol. The van der Waals surface area contributed by atoms with Gasteiger partial charge in [0.2, 0.25) is 0 Å². The first-order valence-corrected chi connectivity index (χ1v) is 10.4. The lowest BCUT2D eigenvalue weighted by molar-refractivity contribution is 0.251. The molecular weight excluding hydrogens is 372 g/mol. The second-order valence-corrected chi connectivity index (χ2v) is 8.31. The van der Waals surface area contributed by atoms with Crippen molar-refractivity contribution in [2.75, 3.05) is 11.6 Å². The molecule has 0 aliphatic rings. The summed E-state index contributed by atoms with van der Waals surface area (Å²) < 4.78 is 3.22. The first kappa shape index (κ1) is 16.3. The lowest BCUT2D eigenvalue weighted by atomic mass is 10.2. The van der Waals surface area contributed by atoms with Crippen molar-refractivity contribution in [3.63, 3.8) is 0 Å². The zero-order valence-electron chi connectivity index (χ0n) is 13.3. The Morgan fingerprint density at radius 3 is 2.52 bits per heavy atom. The van der Waals surface area contributed by atoms with Crippen LogP contribution in [0.25, 0.3) is 20.4 Å². The number of hydrogen-bond acceptors (Lipinski definition) is 6. The maximum Gasteiger partial charge on any atom is 0.321 e. The molecule has 2 aromatic heterocycles. The van der Waals surface area contributed by atoms with Crippen molar-refractivity contribution in [3.05, 3.63) is 48.0 Å². The Balaban J connectivity index is 1.52. The summed E-state index contributed by atoms with van der Waals surface area (Å²) in [5.41, 5.74) is 2.91. The summed E-state index contributed by atoms with van der Waals surface area (Å²) in [6.07, 6.45) is 2.02. The third-order valence-electron chi connectivity index (χ3n) is 3.58. The molecule has 0 saturated carbocycles. The highest BCUT2D eigenvalue weighted by atomic mass is 32.2. The van der Waals surface area contributed by atoms with Crippen molar-refractivity contribution < 1.29 is 4.79 Å². The van der Waals surface area contributed by atoms with Crippen LogP contribution in [0.2, 0.25) is 0 Å². The number of anilines is 1. The van der Waals surface area contributed by atoms with Crippen LogP contribution in [0.5, 0.6) is 0 Å². The summed E-state index contributed by atoms with van der Waals surface area (Å²) in [7, 11) is 0. The summed E-state index contributed by atoms with van der Waals surface area (Å²) in [5.74, 6) is 0. The van der Waals surface area contributed by atoms with Crippen LogP contribution in [0.15, 0.2) is 46.8 Å². The number of thioether (sulfide) groups is 1. The summed E-state index contributed by atoms with van der Waals surface area (Å²) in [6.45, 7) is 0.480. The lowest BCUT2D eigenvalue weighted by Gasteiger charge is -2.04. The van der Waals surface area contributed by atoms with Gasteiger partial charge in [-0.25, -0.2) is 14.8 Å². The van der Waals surface area contributed by atoms with Crippen molar-refractivity contribution in [1.29, 1.82) is 0 Å². The van der Waals surface area contributed by atoms with E-state index in [2.05, 4.69) is 20.6 Å². The Hall–Kier alpha value is -2.16. The SMILES string of the molecule is CSc1nc2ccc3nc(NC(=O)NCc4ccccc4)sc3c2s1. The van der Waals surface area contributed by atoms with E-state index < -0.39 is 0 Å². The average molecular weight is 387 g/mol. The minimum Gasteiger partial charge on any atom is -0.334 e. The van der Waals surface area contributed by atoms with Crippen molar-refractivity contribution in [3.8, 4) is 0 Å². The average Bonchev–Trinajstić information content (AvgIpc) is 3.23. The fourth-order valence-electron chi connectivity index (χ4n) is 2.41. The normalized spacial score (nSPS) is 11.1. The Kier molecular flexibility index (Phi) is 4.56. The third kappa shape index (κ3) is 3.46. The van der Waals surface area contributed by atoms with Gasteiger partial charge in [0.25, 0.3) is 0 Å². The predicted octanol–water partition coefficient (Wildman–Crippen LogP) is 4.95. The number of rotatable bonds is 4. The Morgan fingerprint density at radius 1 is 1.04 bits per heavy atom. The molecule has 0 fully saturated rings. The molecule has 0 saturated heterocycles. The van der Waals surface area contributed by atoms with Gasteiger partial charge < -0.3 is 5.32 Å². The number of thiazole rings is 2. The van der Waals surface area contributed by atoms with Gasteiger partial charge in [-0.3, -0.25) is 5.32 Å². The van der Waals surface area contributed by atoms with E-state index in [4.69, 9.17) is 0 Å². The quantitative estimate of drug-likeness (QED) is 0.487. The number of urea groups is 1. The molecule has 2 amide bonds. The monoisotopic (exact) mass is 386 g/mol. The number of nitrogens with one attached hydrogen (secondary N) is 2. The van der Waals surface area contributed by atoms with Crippen molar-refractivity contribution in [1.82, 2.24) is 15.3 Å². The Bertz CT molecular complexity index is 1040. The van der Waals surface area contributed by atoms with Crippen molar-refractivity contribution >= 4 is 66.0 Å². The molecule has 0 spiro atoms. The first-order chi connectivity index (χ1) is 12.2. The topological polar surface area (TPSA) is 66.9 Å². The third-order valence-corrected chi connectivity index (χ3v) is 6.79. The van der Waals surface area contributed by atoms with Gasteiger partial charge in [0, 0.05) is 6.54 Å². The van der Waals surface area contributed by atoms with E-state index in [0.717, 1.165) is 30.3 Å². The highest BCUT2D eigenvalue weighted by molar-refractivity contribution is 8.00. The van der Waals surface area contributed by atoms with Crippen LogP contribution in [-0.2, 0) is 6.54 Å². The van der Waals surface area contributed by atoms with Crippen LogP contribution in [0, 0.1) is 0 Å². The summed E-state index contributed by atoms with van der Waals surface area (Å²) in [4.78, 5) is 21.2. The van der Waals surface area contributed by atoms with Crippen LogP contribution >= 0.6 is 34.4 Å². The fraction of sp³-hybridized carbons (Fsp3) is 0.118. The first-order valence-electron chi connectivity index (χ1n) is 7.56. The summed E-state index contributed by atoms with van der Waals surface area (Å²) >= 11 is 4.78. The van der Waals surface area contributed by atoms with Crippen LogP contribution in [0.4, 0.5) is 9.93 Å². The Labute approximate surface area is 156 Å². The molecule has 126 valence electrons.